The highest BCUT2D eigenvalue weighted by atomic mass is 79.9. The van der Waals surface area contributed by atoms with Crippen LogP contribution in [0.1, 0.15) is 22.7 Å². The molecule has 26 heavy (non-hydrogen) atoms. The van der Waals surface area contributed by atoms with Crippen molar-refractivity contribution in [3.8, 4) is 5.75 Å². The molecule has 0 aliphatic carbocycles. The van der Waals surface area contributed by atoms with Gasteiger partial charge >= 0.3 is 0 Å². The highest BCUT2D eigenvalue weighted by Crippen LogP contribution is 2.46. The van der Waals surface area contributed by atoms with Gasteiger partial charge in [0.2, 0.25) is 0 Å². The fourth-order valence-electron chi connectivity index (χ4n) is 3.08. The van der Waals surface area contributed by atoms with Crippen molar-refractivity contribution in [3.63, 3.8) is 0 Å². The van der Waals surface area contributed by atoms with E-state index >= 15 is 0 Å². The largest absolute Gasteiger partial charge is 0.506 e. The van der Waals surface area contributed by atoms with Gasteiger partial charge in [-0.1, -0.05) is 17.7 Å². The second kappa shape index (κ2) is 7.15. The van der Waals surface area contributed by atoms with Crippen LogP contribution in [0.25, 0.3) is 0 Å². The first-order valence-corrected chi connectivity index (χ1v) is 10.2. The minimum Gasteiger partial charge on any atom is -0.506 e. The Morgan fingerprint density at radius 1 is 1.23 bits per heavy atom. The van der Waals surface area contributed by atoms with Crippen molar-refractivity contribution in [2.45, 2.75) is 12.1 Å². The lowest BCUT2D eigenvalue weighted by molar-refractivity contribution is 0.473. The molecule has 0 bridgehead atoms. The Morgan fingerprint density at radius 3 is 2.77 bits per heavy atom. The van der Waals surface area contributed by atoms with E-state index in [1.807, 2.05) is 29.2 Å². The van der Waals surface area contributed by atoms with Crippen LogP contribution in [-0.2, 0) is 0 Å². The third-order valence-corrected chi connectivity index (χ3v) is 6.42. The smallest absolute Gasteiger partial charge is 0.174 e. The molecule has 132 valence electrons. The summed E-state index contributed by atoms with van der Waals surface area (Å²) in [7, 11) is 0. The molecular weight excluding hydrogens is 454 g/mol. The first-order valence-electron chi connectivity index (χ1n) is 7.79. The van der Waals surface area contributed by atoms with Gasteiger partial charge in [-0.25, -0.2) is 0 Å². The number of benzene rings is 1. The molecule has 1 aliphatic rings. The number of aromatic nitrogens is 1. The molecule has 2 aromatic heterocycles. The highest BCUT2D eigenvalue weighted by molar-refractivity contribution is 9.11. The van der Waals surface area contributed by atoms with Gasteiger partial charge in [0, 0.05) is 16.1 Å². The minimum absolute atomic E-state index is 0.126. The summed E-state index contributed by atoms with van der Waals surface area (Å²) in [4.78, 5) is 7.51. The van der Waals surface area contributed by atoms with Crippen LogP contribution in [0.15, 0.2) is 58.5 Å². The first kappa shape index (κ1) is 17.7. The summed E-state index contributed by atoms with van der Waals surface area (Å²) in [5, 5.41) is 14.8. The maximum atomic E-state index is 10.4. The average Bonchev–Trinajstić information content (AvgIpc) is 3.21. The topological polar surface area (TPSA) is 48.4 Å². The quantitative estimate of drug-likeness (QED) is 0.503. The van der Waals surface area contributed by atoms with E-state index in [-0.39, 0.29) is 17.8 Å². The van der Waals surface area contributed by atoms with Crippen molar-refractivity contribution >= 4 is 61.9 Å². The number of anilines is 1. The predicted molar refractivity (Wildman–Crippen MR) is 113 cm³/mol. The minimum atomic E-state index is -0.155. The van der Waals surface area contributed by atoms with Crippen molar-refractivity contribution in [3.05, 3.63) is 74.1 Å². The molecule has 0 saturated carbocycles. The first-order chi connectivity index (χ1) is 12.5. The number of nitrogens with one attached hydrogen (secondary N) is 1. The van der Waals surface area contributed by atoms with Crippen LogP contribution in [0.3, 0.4) is 0 Å². The van der Waals surface area contributed by atoms with E-state index in [4.69, 9.17) is 23.8 Å². The lowest BCUT2D eigenvalue weighted by atomic mass is 10.0. The van der Waals surface area contributed by atoms with Crippen LogP contribution in [0, 0.1) is 0 Å². The van der Waals surface area contributed by atoms with Crippen molar-refractivity contribution in [2.24, 2.45) is 0 Å². The molecule has 1 aromatic carbocycles. The Kier molecular flexibility index (Phi) is 4.88. The number of hydrogen-bond donors (Lipinski definition) is 2. The Hall–Kier alpha value is -1.67. The summed E-state index contributed by atoms with van der Waals surface area (Å²) in [6, 6.07) is 14.5. The summed E-state index contributed by atoms with van der Waals surface area (Å²) in [5.74, 6) is 0.126. The van der Waals surface area contributed by atoms with Gasteiger partial charge in [-0.05, 0) is 70.6 Å². The number of thiocarbonyl (C=S) groups is 1. The fourth-order valence-corrected chi connectivity index (χ4v) is 5.14. The molecule has 4 rings (SSSR count). The molecule has 0 amide bonds. The van der Waals surface area contributed by atoms with E-state index < -0.39 is 0 Å². The van der Waals surface area contributed by atoms with Gasteiger partial charge in [0.25, 0.3) is 0 Å². The SMILES string of the molecule is Oc1ccc(Cl)cc1N1C(=S)N[C@H](c2ccccn2)[C@@H]1c1ccc(Br)s1. The van der Waals surface area contributed by atoms with Crippen LogP contribution in [0.4, 0.5) is 5.69 Å². The lowest BCUT2D eigenvalue weighted by Crippen LogP contribution is -2.29. The van der Waals surface area contributed by atoms with Gasteiger partial charge in [-0.15, -0.1) is 11.3 Å². The highest BCUT2D eigenvalue weighted by Gasteiger charge is 2.42. The lowest BCUT2D eigenvalue weighted by Gasteiger charge is -2.27. The van der Waals surface area contributed by atoms with Gasteiger partial charge in [-0.3, -0.25) is 4.98 Å². The monoisotopic (exact) mass is 465 g/mol. The summed E-state index contributed by atoms with van der Waals surface area (Å²) in [6.45, 7) is 0. The molecule has 2 N–H and O–H groups in total. The van der Waals surface area contributed by atoms with Crippen LogP contribution in [0.2, 0.25) is 5.02 Å². The van der Waals surface area contributed by atoms with Crippen molar-refractivity contribution in [1.29, 1.82) is 0 Å². The summed E-state index contributed by atoms with van der Waals surface area (Å²) in [5.41, 5.74) is 1.45. The Labute approximate surface area is 173 Å². The van der Waals surface area contributed by atoms with Gasteiger partial charge in [-0.2, -0.15) is 0 Å². The van der Waals surface area contributed by atoms with Gasteiger partial charge in [0.15, 0.2) is 5.11 Å². The van der Waals surface area contributed by atoms with E-state index in [0.29, 0.717) is 15.8 Å². The maximum Gasteiger partial charge on any atom is 0.174 e. The number of hydrogen-bond acceptors (Lipinski definition) is 4. The zero-order chi connectivity index (χ0) is 18.3. The summed E-state index contributed by atoms with van der Waals surface area (Å²) >= 11 is 16.9. The molecule has 0 radical (unpaired) electrons. The molecule has 1 saturated heterocycles. The zero-order valence-corrected chi connectivity index (χ0v) is 17.2. The molecule has 1 fully saturated rings. The molecule has 1 aliphatic heterocycles. The number of thiophene rings is 1. The third-order valence-electron chi connectivity index (χ3n) is 4.18. The molecule has 0 spiro atoms. The average molecular weight is 467 g/mol. The van der Waals surface area contributed by atoms with E-state index in [0.717, 1.165) is 14.4 Å². The second-order valence-corrected chi connectivity index (χ2v) is 9.09. The van der Waals surface area contributed by atoms with Crippen LogP contribution in [0.5, 0.6) is 5.75 Å². The standard InChI is InChI=1S/C18H13BrClN3OS2/c19-15-7-6-14(26-15)17-16(11-3-1-2-8-21-11)22-18(25)23(17)12-9-10(20)4-5-13(12)24/h1-9,16-17,24H,(H,22,25)/t16-,17+/m1/s1. The fraction of sp³-hybridized carbons (Fsp3) is 0.111. The number of phenols is 1. The Morgan fingerprint density at radius 2 is 2.08 bits per heavy atom. The van der Waals surface area contributed by atoms with Crippen LogP contribution >= 0.6 is 51.1 Å². The number of nitrogens with zero attached hydrogens (tertiary/aromatic N) is 2. The van der Waals surface area contributed by atoms with Crippen LogP contribution in [-0.4, -0.2) is 15.2 Å². The normalized spacial score (nSPS) is 19.6. The molecule has 3 aromatic rings. The van der Waals surface area contributed by atoms with Gasteiger partial charge in [0.1, 0.15) is 5.75 Å². The van der Waals surface area contributed by atoms with Crippen molar-refractivity contribution in [1.82, 2.24) is 10.3 Å². The van der Waals surface area contributed by atoms with E-state index in [1.165, 1.54) is 0 Å². The van der Waals surface area contributed by atoms with E-state index in [2.05, 4.69) is 32.3 Å². The molecule has 3 heterocycles. The van der Waals surface area contributed by atoms with Crippen molar-refractivity contribution < 1.29 is 5.11 Å². The van der Waals surface area contributed by atoms with Crippen molar-refractivity contribution in [2.75, 3.05) is 4.90 Å². The van der Waals surface area contributed by atoms with E-state index in [1.54, 1.807) is 35.7 Å². The van der Waals surface area contributed by atoms with E-state index in [9.17, 15) is 5.11 Å². The number of phenolic OH excluding ortho intramolecular Hbond substituents is 1. The zero-order valence-electron chi connectivity index (χ0n) is 13.3. The Bertz CT molecular complexity index is 966. The second-order valence-electron chi connectivity index (χ2n) is 5.77. The number of rotatable bonds is 3. The molecule has 2 atom stereocenters. The molecule has 0 unspecified atom stereocenters. The van der Waals surface area contributed by atoms with Crippen LogP contribution < -0.4 is 10.2 Å². The number of aromatic hydroxyl groups is 1. The Balaban J connectivity index is 1.86. The molecule has 8 heteroatoms. The third kappa shape index (κ3) is 3.20. The molecule has 4 nitrogen and oxygen atoms in total. The number of halogens is 2. The summed E-state index contributed by atoms with van der Waals surface area (Å²) < 4.78 is 1.03. The van der Waals surface area contributed by atoms with Gasteiger partial charge < -0.3 is 15.3 Å². The van der Waals surface area contributed by atoms with Gasteiger partial charge in [0.05, 0.1) is 27.3 Å². The molecular formula is C18H13BrClN3OS2. The number of pyridine rings is 1. The summed E-state index contributed by atoms with van der Waals surface area (Å²) in [6.07, 6.45) is 1.76. The maximum absolute atomic E-state index is 10.4. The predicted octanol–water partition coefficient (Wildman–Crippen LogP) is 5.44.